The first kappa shape index (κ1) is 12.6. The highest BCUT2D eigenvalue weighted by Gasteiger charge is 2.18. The van der Waals surface area contributed by atoms with Crippen LogP contribution in [0.1, 0.15) is 16.1 Å². The zero-order valence-electron chi connectivity index (χ0n) is 9.67. The molecule has 1 aromatic carbocycles. The van der Waals surface area contributed by atoms with Gasteiger partial charge in [-0.2, -0.15) is 0 Å². The number of methoxy groups -OCH3 is 1. The summed E-state index contributed by atoms with van der Waals surface area (Å²) in [6.07, 6.45) is 0. The Labute approximate surface area is 103 Å². The number of hydrogen-bond acceptors (Lipinski definition) is 5. The van der Waals surface area contributed by atoms with E-state index in [1.807, 2.05) is 0 Å². The van der Waals surface area contributed by atoms with Gasteiger partial charge in [0, 0.05) is 5.52 Å². The van der Waals surface area contributed by atoms with Crippen molar-refractivity contribution in [2.24, 2.45) is 0 Å². The molecule has 94 valence electrons. The molecular formula is C11H12BNO5. The van der Waals surface area contributed by atoms with Crippen molar-refractivity contribution in [1.82, 2.24) is 4.98 Å². The third kappa shape index (κ3) is 2.11. The zero-order valence-corrected chi connectivity index (χ0v) is 9.67. The van der Waals surface area contributed by atoms with E-state index < -0.39 is 13.1 Å². The fourth-order valence-electron chi connectivity index (χ4n) is 1.84. The van der Waals surface area contributed by atoms with Crippen molar-refractivity contribution < 1.29 is 24.7 Å². The first-order valence-corrected chi connectivity index (χ1v) is 5.27. The maximum atomic E-state index is 11.4. The van der Waals surface area contributed by atoms with Crippen LogP contribution in [0.5, 0.6) is 0 Å². The molecule has 2 rings (SSSR count). The molecule has 0 aliphatic heterocycles. The second-order valence-corrected chi connectivity index (χ2v) is 3.84. The Morgan fingerprint density at radius 3 is 2.67 bits per heavy atom. The summed E-state index contributed by atoms with van der Waals surface area (Å²) in [6.45, 7) is -0.324. The lowest BCUT2D eigenvalue weighted by molar-refractivity contribution is 0.0595. The van der Waals surface area contributed by atoms with Gasteiger partial charge in [-0.05, 0) is 28.5 Å². The quantitative estimate of drug-likeness (QED) is 0.418. The number of aromatic amines is 1. The largest absolute Gasteiger partial charge is 0.488 e. The molecular weight excluding hydrogens is 237 g/mol. The van der Waals surface area contributed by atoms with Gasteiger partial charge in [-0.3, -0.25) is 0 Å². The van der Waals surface area contributed by atoms with Gasteiger partial charge in [-0.15, -0.1) is 0 Å². The first-order chi connectivity index (χ1) is 8.56. The lowest BCUT2D eigenvalue weighted by atomic mass is 9.76. The number of nitrogens with one attached hydrogen (secondary N) is 1. The maximum absolute atomic E-state index is 11.4. The predicted molar refractivity (Wildman–Crippen MR) is 65.4 cm³/mol. The third-order valence-electron chi connectivity index (χ3n) is 2.73. The molecule has 2 aromatic rings. The Bertz CT molecular complexity index is 592. The number of ether oxygens (including phenoxy) is 1. The SMILES string of the molecule is COC(=O)c1cc2cc(B(O)O)c(CO)cc2[nH]1. The average molecular weight is 249 g/mol. The molecule has 1 aromatic heterocycles. The highest BCUT2D eigenvalue weighted by molar-refractivity contribution is 6.59. The van der Waals surface area contributed by atoms with Crippen molar-refractivity contribution in [3.8, 4) is 0 Å². The van der Waals surface area contributed by atoms with Crippen molar-refractivity contribution in [2.45, 2.75) is 6.61 Å². The topological polar surface area (TPSA) is 103 Å². The number of fused-ring (bicyclic) bond motifs is 1. The van der Waals surface area contributed by atoms with E-state index in [0.717, 1.165) is 0 Å². The van der Waals surface area contributed by atoms with E-state index >= 15 is 0 Å². The molecule has 0 fully saturated rings. The second kappa shape index (κ2) is 4.81. The first-order valence-electron chi connectivity index (χ1n) is 5.27. The number of aliphatic hydroxyl groups excluding tert-OH is 1. The summed E-state index contributed by atoms with van der Waals surface area (Å²) in [5.74, 6) is -0.511. The summed E-state index contributed by atoms with van der Waals surface area (Å²) in [7, 11) is -0.399. The van der Waals surface area contributed by atoms with Gasteiger partial charge in [-0.1, -0.05) is 6.07 Å². The Hall–Kier alpha value is -1.83. The molecule has 0 spiro atoms. The number of aromatic nitrogens is 1. The van der Waals surface area contributed by atoms with Gasteiger partial charge in [0.25, 0.3) is 0 Å². The molecule has 0 atom stereocenters. The summed E-state index contributed by atoms with van der Waals surface area (Å²) in [6, 6.07) is 4.62. The Balaban J connectivity index is 2.59. The average Bonchev–Trinajstić information content (AvgIpc) is 2.78. The molecule has 0 saturated heterocycles. The van der Waals surface area contributed by atoms with Gasteiger partial charge in [0.1, 0.15) is 5.69 Å². The molecule has 6 nitrogen and oxygen atoms in total. The molecule has 0 radical (unpaired) electrons. The summed E-state index contributed by atoms with van der Waals surface area (Å²) in [4.78, 5) is 14.2. The van der Waals surface area contributed by atoms with Crippen LogP contribution < -0.4 is 5.46 Å². The molecule has 18 heavy (non-hydrogen) atoms. The van der Waals surface area contributed by atoms with E-state index in [2.05, 4.69) is 9.72 Å². The van der Waals surface area contributed by atoms with Gasteiger partial charge < -0.3 is 24.9 Å². The van der Waals surface area contributed by atoms with E-state index in [1.54, 1.807) is 12.1 Å². The van der Waals surface area contributed by atoms with E-state index in [4.69, 9.17) is 5.11 Å². The summed E-state index contributed by atoms with van der Waals surface area (Å²) < 4.78 is 4.58. The number of hydrogen-bond donors (Lipinski definition) is 4. The number of benzene rings is 1. The van der Waals surface area contributed by atoms with E-state index in [0.29, 0.717) is 16.5 Å². The van der Waals surface area contributed by atoms with Crippen LogP contribution >= 0.6 is 0 Å². The molecule has 0 saturated carbocycles. The molecule has 1 heterocycles. The van der Waals surface area contributed by atoms with Crippen LogP contribution in [0.2, 0.25) is 0 Å². The minimum atomic E-state index is -1.67. The monoisotopic (exact) mass is 249 g/mol. The minimum absolute atomic E-state index is 0.209. The highest BCUT2D eigenvalue weighted by Crippen LogP contribution is 2.17. The zero-order chi connectivity index (χ0) is 13.3. The van der Waals surface area contributed by atoms with E-state index in [1.165, 1.54) is 13.2 Å². The number of esters is 1. The van der Waals surface area contributed by atoms with Crippen LogP contribution in [0.4, 0.5) is 0 Å². The fraction of sp³-hybridized carbons (Fsp3) is 0.182. The van der Waals surface area contributed by atoms with Crippen LogP contribution in [-0.4, -0.2) is 40.3 Å². The molecule has 0 unspecified atom stereocenters. The van der Waals surface area contributed by atoms with Crippen molar-refractivity contribution in [1.29, 1.82) is 0 Å². The number of carbonyl (C=O) groups excluding carboxylic acids is 1. The van der Waals surface area contributed by atoms with Gasteiger partial charge in [0.05, 0.1) is 13.7 Å². The van der Waals surface area contributed by atoms with Gasteiger partial charge >= 0.3 is 13.1 Å². The fourth-order valence-corrected chi connectivity index (χ4v) is 1.84. The third-order valence-corrected chi connectivity index (χ3v) is 2.73. The molecule has 7 heteroatoms. The van der Waals surface area contributed by atoms with Crippen molar-refractivity contribution >= 4 is 29.5 Å². The van der Waals surface area contributed by atoms with Crippen molar-refractivity contribution in [2.75, 3.05) is 7.11 Å². The van der Waals surface area contributed by atoms with Crippen molar-refractivity contribution in [3.63, 3.8) is 0 Å². The Kier molecular flexibility index (Phi) is 3.37. The van der Waals surface area contributed by atoms with Gasteiger partial charge in [-0.25, -0.2) is 4.79 Å². The standard InChI is InChI=1S/C11H12BNO5/c1-18-11(15)10-3-6-2-8(12(16)17)7(5-14)4-9(6)13-10/h2-4,13-14,16-17H,5H2,1H3. The molecule has 0 aliphatic carbocycles. The summed E-state index contributed by atoms with van der Waals surface area (Å²) >= 11 is 0. The number of rotatable bonds is 3. The predicted octanol–water partition coefficient (Wildman–Crippen LogP) is -0.873. The normalized spacial score (nSPS) is 10.7. The number of carbonyl (C=O) groups is 1. The molecule has 4 N–H and O–H groups in total. The summed E-state index contributed by atoms with van der Waals surface area (Å²) in [5, 5.41) is 28.2. The van der Waals surface area contributed by atoms with Crippen molar-refractivity contribution in [3.05, 3.63) is 29.5 Å². The summed E-state index contributed by atoms with van der Waals surface area (Å²) in [5.41, 5.74) is 1.47. The molecule has 0 aliphatic rings. The Morgan fingerprint density at radius 1 is 1.39 bits per heavy atom. The smallest absolute Gasteiger partial charge is 0.464 e. The lowest BCUT2D eigenvalue weighted by Gasteiger charge is -2.06. The van der Waals surface area contributed by atoms with Crippen LogP contribution in [0.15, 0.2) is 18.2 Å². The van der Waals surface area contributed by atoms with Crippen LogP contribution in [0, 0.1) is 0 Å². The second-order valence-electron chi connectivity index (χ2n) is 3.84. The van der Waals surface area contributed by atoms with Crippen LogP contribution in [-0.2, 0) is 11.3 Å². The number of H-pyrrole nitrogens is 1. The van der Waals surface area contributed by atoms with E-state index in [9.17, 15) is 14.8 Å². The van der Waals surface area contributed by atoms with E-state index in [-0.39, 0.29) is 17.8 Å². The lowest BCUT2D eigenvalue weighted by Crippen LogP contribution is -2.33. The van der Waals surface area contributed by atoms with Crippen LogP contribution in [0.3, 0.4) is 0 Å². The Morgan fingerprint density at radius 2 is 2.11 bits per heavy atom. The van der Waals surface area contributed by atoms with Gasteiger partial charge in [0.2, 0.25) is 0 Å². The molecule has 0 amide bonds. The van der Waals surface area contributed by atoms with Crippen LogP contribution in [0.25, 0.3) is 10.9 Å². The van der Waals surface area contributed by atoms with Gasteiger partial charge in [0.15, 0.2) is 0 Å². The maximum Gasteiger partial charge on any atom is 0.488 e. The minimum Gasteiger partial charge on any atom is -0.464 e. The number of aliphatic hydroxyl groups is 1. The highest BCUT2D eigenvalue weighted by atomic mass is 16.5. The molecule has 0 bridgehead atoms.